The fraction of sp³-hybridized carbons (Fsp3) is 0. The SMILES string of the molecule is Clc1cc(Cl)c2oc3cccc(-c4cccc(-c5nc(-c6ccccc6)nc(-c6ccccc6)n5)c4)c3c2c1.[C-]#[N+]c1ccccc1-c1cc(-c2ccccc2[N+]#[C-])c2oc3cccc(-c4cccc(-c5nc(-c6ccccc6)nc(-c6ccccc6)n5)c4)c3c2c1.[C-]#[N+]c1ccccc1B(O)O. The second-order valence-electron chi connectivity index (χ2n) is 23.8. The highest BCUT2D eigenvalue weighted by Gasteiger charge is 2.23. The van der Waals surface area contributed by atoms with Gasteiger partial charge in [0.2, 0.25) is 0 Å². The van der Waals surface area contributed by atoms with Gasteiger partial charge in [-0.3, -0.25) is 0 Å². The van der Waals surface area contributed by atoms with Gasteiger partial charge in [-0.05, 0) is 92.9 Å². The summed E-state index contributed by atoms with van der Waals surface area (Å²) in [6.45, 7) is 22.5. The van der Waals surface area contributed by atoms with E-state index in [1.54, 1.807) is 24.3 Å². The van der Waals surface area contributed by atoms with Gasteiger partial charge in [0.15, 0.2) is 57.6 Å². The molecule has 486 valence electrons. The van der Waals surface area contributed by atoms with Crippen LogP contribution in [-0.4, -0.2) is 47.1 Å². The molecular formula is C87H52BCl2N9O4. The standard InChI is InChI=1S/C47H27N5O.C33H19Cl2N3O.C7H6BNO2/c1-48-40-24-11-9-21-35(40)34-28-38(37-22-10-12-25-41(37)49-2)44-39(29-34)43-36(23-14-26-42(43)53-44)32-19-13-20-33(27-32)47-51-45(30-15-5-3-6-16-30)50-46(52-47)31-17-7-4-8-18-31;34-24-18-26-29-25(15-8-16-28(29)39-30(26)27(35)19-24)22-13-7-14-23(17-22)33-37-31(20-9-3-1-4-10-20)36-32(38-33)21-11-5-2-6-12-21;1-9-7-5-3-2-4-6(7)8(10)11/h3-29H;1-19H;2-5,10-11H. The van der Waals surface area contributed by atoms with Crippen LogP contribution in [0.3, 0.4) is 0 Å². The quantitative estimate of drug-likeness (QED) is 0.0943. The number of para-hydroxylation sites is 3. The van der Waals surface area contributed by atoms with E-state index in [4.69, 9.17) is 91.7 Å². The highest BCUT2D eigenvalue weighted by molar-refractivity contribution is 6.60. The summed E-state index contributed by atoms with van der Waals surface area (Å²) in [5.41, 5.74) is 17.0. The van der Waals surface area contributed by atoms with Crippen molar-refractivity contribution in [3.05, 3.63) is 348 Å². The molecule has 0 saturated heterocycles. The number of hydrogen-bond acceptors (Lipinski definition) is 10. The monoisotopic (exact) mass is 1370 g/mol. The molecule has 17 rings (SSSR count). The largest absolute Gasteiger partial charge is 0.476 e. The third-order valence-corrected chi connectivity index (χ3v) is 17.9. The minimum absolute atomic E-state index is 0.252. The maximum atomic E-state index is 8.75. The van der Waals surface area contributed by atoms with Gasteiger partial charge in [-0.1, -0.05) is 278 Å². The Morgan fingerprint density at radius 2 is 0.641 bits per heavy atom. The molecule has 0 radical (unpaired) electrons. The van der Waals surface area contributed by atoms with E-state index < -0.39 is 7.12 Å². The normalized spacial score (nSPS) is 10.9. The van der Waals surface area contributed by atoms with Crippen LogP contribution in [-0.2, 0) is 0 Å². The number of aromatic nitrogens is 6. The van der Waals surface area contributed by atoms with E-state index in [2.05, 4.69) is 57.0 Å². The average molecular weight is 1370 g/mol. The first-order valence-corrected chi connectivity index (χ1v) is 33.3. The van der Waals surface area contributed by atoms with E-state index in [0.717, 1.165) is 111 Å². The molecule has 0 aliphatic carbocycles. The first-order chi connectivity index (χ1) is 50.6. The van der Waals surface area contributed by atoms with Crippen molar-refractivity contribution in [1.29, 1.82) is 0 Å². The molecule has 13 aromatic carbocycles. The molecule has 103 heavy (non-hydrogen) atoms. The third-order valence-electron chi connectivity index (χ3n) is 17.4. The molecule has 17 aromatic rings. The fourth-order valence-electron chi connectivity index (χ4n) is 12.6. The maximum absolute atomic E-state index is 8.75. The Morgan fingerprint density at radius 3 is 1.09 bits per heavy atom. The summed E-state index contributed by atoms with van der Waals surface area (Å²) < 4.78 is 12.8. The molecule has 16 heteroatoms. The fourth-order valence-corrected chi connectivity index (χ4v) is 13.1. The molecule has 0 aliphatic rings. The molecule has 0 amide bonds. The van der Waals surface area contributed by atoms with Gasteiger partial charge in [0, 0.05) is 65.5 Å². The van der Waals surface area contributed by atoms with Gasteiger partial charge in [0.1, 0.15) is 16.7 Å². The molecule has 0 fully saturated rings. The Bertz CT molecular complexity index is 6080. The molecular weight excluding hydrogens is 1320 g/mol. The van der Waals surface area contributed by atoms with Crippen molar-refractivity contribution in [2.24, 2.45) is 0 Å². The summed E-state index contributed by atoms with van der Waals surface area (Å²) in [6, 6.07) is 97.6. The summed E-state index contributed by atoms with van der Waals surface area (Å²) in [6.07, 6.45) is 0. The van der Waals surface area contributed by atoms with Crippen LogP contribution in [0, 0.1) is 19.7 Å². The summed E-state index contributed by atoms with van der Waals surface area (Å²) in [5.74, 6) is 3.61. The van der Waals surface area contributed by atoms with Crippen molar-refractivity contribution in [2.45, 2.75) is 0 Å². The van der Waals surface area contributed by atoms with Crippen molar-refractivity contribution < 1.29 is 18.9 Å². The van der Waals surface area contributed by atoms with E-state index in [0.29, 0.717) is 67.5 Å². The zero-order valence-electron chi connectivity index (χ0n) is 54.4. The number of halogens is 2. The summed E-state index contributed by atoms with van der Waals surface area (Å²) in [7, 11) is -1.56. The Balaban J connectivity index is 0.000000149. The minimum atomic E-state index is -1.56. The molecule has 0 aliphatic heterocycles. The van der Waals surface area contributed by atoms with E-state index in [1.165, 1.54) is 6.07 Å². The molecule has 2 N–H and O–H groups in total. The lowest BCUT2D eigenvalue weighted by Crippen LogP contribution is -2.29. The van der Waals surface area contributed by atoms with Gasteiger partial charge in [-0.2, -0.15) is 0 Å². The number of nitrogens with zero attached hydrogens (tertiary/aromatic N) is 9. The summed E-state index contributed by atoms with van der Waals surface area (Å²) in [4.78, 5) is 40.2. The molecule has 0 spiro atoms. The number of rotatable bonds is 11. The molecule has 4 heterocycles. The lowest BCUT2D eigenvalue weighted by Gasteiger charge is -2.11. The van der Waals surface area contributed by atoms with E-state index in [1.807, 2.05) is 231 Å². The van der Waals surface area contributed by atoms with Crippen molar-refractivity contribution in [1.82, 2.24) is 29.9 Å². The van der Waals surface area contributed by atoms with Crippen LogP contribution >= 0.6 is 23.2 Å². The number of furan rings is 2. The van der Waals surface area contributed by atoms with Crippen molar-refractivity contribution >= 4 is 96.7 Å². The molecule has 0 saturated carbocycles. The van der Waals surface area contributed by atoms with E-state index >= 15 is 0 Å². The second-order valence-corrected chi connectivity index (χ2v) is 24.6. The maximum Gasteiger partial charge on any atom is 0.476 e. The zero-order valence-corrected chi connectivity index (χ0v) is 55.9. The average Bonchev–Trinajstić information content (AvgIpc) is 1.61. The Labute approximate surface area is 602 Å². The van der Waals surface area contributed by atoms with Gasteiger partial charge < -0.3 is 18.9 Å². The molecule has 4 aromatic heterocycles. The third kappa shape index (κ3) is 13.5. The predicted octanol–water partition coefficient (Wildman–Crippen LogP) is 22.5. The first-order valence-electron chi connectivity index (χ1n) is 32.6. The van der Waals surface area contributed by atoms with E-state index in [-0.39, 0.29) is 11.2 Å². The van der Waals surface area contributed by atoms with Crippen molar-refractivity contribution in [3.8, 4) is 113 Å². The van der Waals surface area contributed by atoms with Crippen molar-refractivity contribution in [2.75, 3.05) is 0 Å². The summed E-state index contributed by atoms with van der Waals surface area (Å²) in [5, 5.41) is 22.2. The smallest absolute Gasteiger partial charge is 0.455 e. The molecule has 13 nitrogen and oxygen atoms in total. The van der Waals surface area contributed by atoms with Crippen LogP contribution < -0.4 is 5.46 Å². The van der Waals surface area contributed by atoms with Crippen LogP contribution in [0.15, 0.2) is 312 Å². The Hall–Kier alpha value is -13.5. The van der Waals surface area contributed by atoms with Crippen LogP contribution in [0.1, 0.15) is 0 Å². The minimum Gasteiger partial charge on any atom is -0.455 e. The van der Waals surface area contributed by atoms with Gasteiger partial charge in [-0.15, -0.1) is 0 Å². The second kappa shape index (κ2) is 29.1. The predicted molar refractivity (Wildman–Crippen MR) is 414 cm³/mol. The van der Waals surface area contributed by atoms with Crippen LogP contribution in [0.25, 0.3) is 171 Å². The van der Waals surface area contributed by atoms with Crippen LogP contribution in [0.2, 0.25) is 10.0 Å². The lowest BCUT2D eigenvalue weighted by atomic mass is 9.79. The van der Waals surface area contributed by atoms with E-state index in [9.17, 15) is 0 Å². The summed E-state index contributed by atoms with van der Waals surface area (Å²) >= 11 is 12.8. The first kappa shape index (κ1) is 65.5. The zero-order chi connectivity index (χ0) is 70.3. The number of fused-ring (bicyclic) bond motifs is 6. The van der Waals surface area contributed by atoms with Crippen LogP contribution in [0.5, 0.6) is 0 Å². The molecule has 0 atom stereocenters. The topological polar surface area (TPSA) is 157 Å². The van der Waals surface area contributed by atoms with Crippen molar-refractivity contribution in [3.63, 3.8) is 0 Å². The highest BCUT2D eigenvalue weighted by atomic mass is 35.5. The number of benzene rings is 13. The van der Waals surface area contributed by atoms with Gasteiger partial charge >= 0.3 is 7.12 Å². The molecule has 0 bridgehead atoms. The Morgan fingerprint density at radius 1 is 0.291 bits per heavy atom. The lowest BCUT2D eigenvalue weighted by molar-refractivity contribution is 0.426. The number of hydrogen-bond donors (Lipinski definition) is 2. The van der Waals surface area contributed by atoms with Gasteiger partial charge in [-0.25, -0.2) is 44.4 Å². The highest BCUT2D eigenvalue weighted by Crippen LogP contribution is 2.47. The van der Waals surface area contributed by atoms with Gasteiger partial charge in [0.05, 0.1) is 24.7 Å². The van der Waals surface area contributed by atoms with Crippen LogP contribution in [0.4, 0.5) is 17.1 Å². The molecule has 0 unspecified atom stereocenters. The Kier molecular flexibility index (Phi) is 18.5. The van der Waals surface area contributed by atoms with Gasteiger partial charge in [0.25, 0.3) is 0 Å².